The monoisotopic (exact) mass is 422 g/mol. The van der Waals surface area contributed by atoms with Gasteiger partial charge < -0.3 is 10.1 Å². The molecular weight excluding hydrogens is 400 g/mol. The number of hydrogen-bond acceptors (Lipinski definition) is 4. The molecular formula is C20H23ClN2O4S. The minimum absolute atomic E-state index is 0.110. The first-order chi connectivity index (χ1) is 13.4. The van der Waals surface area contributed by atoms with Gasteiger partial charge in [0, 0.05) is 30.6 Å². The summed E-state index contributed by atoms with van der Waals surface area (Å²) in [5, 5.41) is 3.47. The fourth-order valence-corrected chi connectivity index (χ4v) is 5.03. The Labute approximate surface area is 170 Å². The number of halogens is 1. The number of nitrogens with zero attached hydrogens (tertiary/aromatic N) is 1. The van der Waals surface area contributed by atoms with E-state index in [4.69, 9.17) is 16.3 Å². The molecule has 0 fully saturated rings. The van der Waals surface area contributed by atoms with Crippen molar-refractivity contribution in [1.82, 2.24) is 9.62 Å². The Hall–Kier alpha value is -2.09. The van der Waals surface area contributed by atoms with Crippen LogP contribution in [0, 0.1) is 0 Å². The quantitative estimate of drug-likeness (QED) is 0.771. The highest BCUT2D eigenvalue weighted by molar-refractivity contribution is 7.89. The number of ether oxygens (including phenoxy) is 1. The van der Waals surface area contributed by atoms with Crippen molar-refractivity contribution in [2.24, 2.45) is 0 Å². The van der Waals surface area contributed by atoms with E-state index in [1.165, 1.54) is 16.4 Å². The topological polar surface area (TPSA) is 75.7 Å². The second-order valence-electron chi connectivity index (χ2n) is 6.44. The van der Waals surface area contributed by atoms with Crippen LogP contribution >= 0.6 is 11.6 Å². The fraction of sp³-hybridized carbons (Fsp3) is 0.350. The van der Waals surface area contributed by atoms with Crippen LogP contribution in [0.5, 0.6) is 5.75 Å². The summed E-state index contributed by atoms with van der Waals surface area (Å²) in [6, 6.07) is 11.3. The van der Waals surface area contributed by atoms with Gasteiger partial charge in [-0.3, -0.25) is 4.79 Å². The van der Waals surface area contributed by atoms with Crippen LogP contribution in [-0.2, 0) is 10.0 Å². The van der Waals surface area contributed by atoms with E-state index >= 15 is 0 Å². The van der Waals surface area contributed by atoms with E-state index in [9.17, 15) is 13.2 Å². The van der Waals surface area contributed by atoms with E-state index in [1.54, 1.807) is 32.0 Å². The molecule has 0 saturated heterocycles. The Kier molecular flexibility index (Phi) is 6.27. The lowest BCUT2D eigenvalue weighted by Crippen LogP contribution is -2.33. The second-order valence-corrected chi connectivity index (χ2v) is 8.78. The Morgan fingerprint density at radius 1 is 1.21 bits per heavy atom. The van der Waals surface area contributed by atoms with Crippen molar-refractivity contribution in [3.63, 3.8) is 0 Å². The SMILES string of the molecule is CCN(CC)S(=O)(=O)c1cccc(C(=O)NC2CCOc3c(Cl)cccc32)c1. The van der Waals surface area contributed by atoms with Crippen LogP contribution in [0.15, 0.2) is 47.4 Å². The lowest BCUT2D eigenvalue weighted by Gasteiger charge is -2.27. The van der Waals surface area contributed by atoms with Crippen molar-refractivity contribution in [2.75, 3.05) is 19.7 Å². The fourth-order valence-electron chi connectivity index (χ4n) is 3.29. The zero-order chi connectivity index (χ0) is 20.3. The van der Waals surface area contributed by atoms with Crippen LogP contribution in [0.1, 0.15) is 42.2 Å². The van der Waals surface area contributed by atoms with Gasteiger partial charge in [-0.2, -0.15) is 4.31 Å². The number of nitrogens with one attached hydrogen (secondary N) is 1. The minimum atomic E-state index is -3.63. The molecule has 8 heteroatoms. The van der Waals surface area contributed by atoms with Gasteiger partial charge in [0.15, 0.2) is 0 Å². The summed E-state index contributed by atoms with van der Waals surface area (Å²) in [5.41, 5.74) is 1.11. The average Bonchev–Trinajstić information content (AvgIpc) is 2.69. The molecule has 1 heterocycles. The molecule has 0 bridgehead atoms. The van der Waals surface area contributed by atoms with Crippen LogP contribution in [0.2, 0.25) is 5.02 Å². The molecule has 3 rings (SSSR count). The number of carbonyl (C=O) groups is 1. The van der Waals surface area contributed by atoms with E-state index in [2.05, 4.69) is 5.32 Å². The van der Waals surface area contributed by atoms with Gasteiger partial charge in [0.05, 0.1) is 22.6 Å². The van der Waals surface area contributed by atoms with Crippen molar-refractivity contribution in [2.45, 2.75) is 31.2 Å². The van der Waals surface area contributed by atoms with Gasteiger partial charge in [0.1, 0.15) is 5.75 Å². The summed E-state index contributed by atoms with van der Waals surface area (Å²) in [5.74, 6) is 0.244. The molecule has 1 aliphatic rings. The predicted molar refractivity (Wildman–Crippen MR) is 108 cm³/mol. The van der Waals surface area contributed by atoms with Gasteiger partial charge in [-0.25, -0.2) is 8.42 Å². The molecule has 0 radical (unpaired) electrons. The highest BCUT2D eigenvalue weighted by atomic mass is 35.5. The van der Waals surface area contributed by atoms with Crippen molar-refractivity contribution in [3.05, 3.63) is 58.6 Å². The first-order valence-electron chi connectivity index (χ1n) is 9.20. The van der Waals surface area contributed by atoms with Crippen molar-refractivity contribution >= 4 is 27.5 Å². The van der Waals surface area contributed by atoms with Gasteiger partial charge in [-0.05, 0) is 24.3 Å². The molecule has 1 atom stereocenters. The highest BCUT2D eigenvalue weighted by Crippen LogP contribution is 2.37. The Morgan fingerprint density at radius 2 is 1.93 bits per heavy atom. The molecule has 0 spiro atoms. The number of amides is 1. The zero-order valence-corrected chi connectivity index (χ0v) is 17.4. The van der Waals surface area contributed by atoms with E-state index in [0.29, 0.717) is 42.5 Å². The number of benzene rings is 2. The molecule has 2 aromatic rings. The molecule has 2 aromatic carbocycles. The summed E-state index contributed by atoms with van der Waals surface area (Å²) in [4.78, 5) is 12.9. The predicted octanol–water partition coefficient (Wildman–Crippen LogP) is 3.62. The molecule has 28 heavy (non-hydrogen) atoms. The van der Waals surface area contributed by atoms with Gasteiger partial charge >= 0.3 is 0 Å². The number of para-hydroxylation sites is 1. The molecule has 1 amide bonds. The molecule has 1 unspecified atom stereocenters. The molecule has 0 aromatic heterocycles. The standard InChI is InChI=1S/C20H23ClN2O4S/c1-3-23(4-2)28(25,26)15-8-5-7-14(13-15)20(24)22-18-11-12-27-19-16(18)9-6-10-17(19)21/h5-10,13,18H,3-4,11-12H2,1-2H3,(H,22,24). The smallest absolute Gasteiger partial charge is 0.251 e. The Morgan fingerprint density at radius 3 is 2.64 bits per heavy atom. The van der Waals surface area contributed by atoms with Crippen LogP contribution in [0.4, 0.5) is 0 Å². The molecule has 0 aliphatic carbocycles. The second kappa shape index (κ2) is 8.51. The molecule has 0 saturated carbocycles. The van der Waals surface area contributed by atoms with Gasteiger partial charge in [-0.1, -0.05) is 43.6 Å². The highest BCUT2D eigenvalue weighted by Gasteiger charge is 2.26. The summed E-state index contributed by atoms with van der Waals surface area (Å²) in [7, 11) is -3.63. The molecule has 6 nitrogen and oxygen atoms in total. The summed E-state index contributed by atoms with van der Waals surface area (Å²) in [6.45, 7) is 4.75. The average molecular weight is 423 g/mol. The van der Waals surface area contributed by atoms with E-state index in [-0.39, 0.29) is 16.8 Å². The van der Waals surface area contributed by atoms with Crippen molar-refractivity contribution < 1.29 is 17.9 Å². The maximum absolute atomic E-state index is 12.8. The third-order valence-electron chi connectivity index (χ3n) is 4.77. The van der Waals surface area contributed by atoms with Crippen LogP contribution in [-0.4, -0.2) is 38.3 Å². The molecule has 1 N–H and O–H groups in total. The molecule has 150 valence electrons. The van der Waals surface area contributed by atoms with Gasteiger partial charge in [0.25, 0.3) is 5.91 Å². The number of fused-ring (bicyclic) bond motifs is 1. The largest absolute Gasteiger partial charge is 0.492 e. The lowest BCUT2D eigenvalue weighted by molar-refractivity contribution is 0.0924. The van der Waals surface area contributed by atoms with Crippen LogP contribution in [0.3, 0.4) is 0 Å². The van der Waals surface area contributed by atoms with E-state index in [0.717, 1.165) is 5.56 Å². The number of hydrogen-bond donors (Lipinski definition) is 1. The molecule has 1 aliphatic heterocycles. The van der Waals surface area contributed by atoms with E-state index < -0.39 is 10.0 Å². The lowest BCUT2D eigenvalue weighted by atomic mass is 10.00. The number of sulfonamides is 1. The maximum Gasteiger partial charge on any atom is 0.251 e. The van der Waals surface area contributed by atoms with Gasteiger partial charge in [0.2, 0.25) is 10.0 Å². The van der Waals surface area contributed by atoms with Crippen molar-refractivity contribution in [1.29, 1.82) is 0 Å². The Bertz CT molecular complexity index is 974. The summed E-state index contributed by atoms with van der Waals surface area (Å²) in [6.07, 6.45) is 0.608. The summed E-state index contributed by atoms with van der Waals surface area (Å²) < 4.78 is 32.4. The Balaban J connectivity index is 1.85. The maximum atomic E-state index is 12.8. The normalized spacial score (nSPS) is 16.4. The minimum Gasteiger partial charge on any atom is -0.492 e. The van der Waals surface area contributed by atoms with Crippen LogP contribution in [0.25, 0.3) is 0 Å². The number of rotatable bonds is 6. The number of carbonyl (C=O) groups excluding carboxylic acids is 1. The van der Waals surface area contributed by atoms with Gasteiger partial charge in [-0.15, -0.1) is 0 Å². The van der Waals surface area contributed by atoms with Crippen LogP contribution < -0.4 is 10.1 Å². The first-order valence-corrected chi connectivity index (χ1v) is 11.0. The first kappa shape index (κ1) is 20.6. The van der Waals surface area contributed by atoms with E-state index in [1.807, 2.05) is 12.1 Å². The summed E-state index contributed by atoms with van der Waals surface area (Å²) >= 11 is 6.18. The zero-order valence-electron chi connectivity index (χ0n) is 15.8. The third kappa shape index (κ3) is 4.01. The van der Waals surface area contributed by atoms with Crippen molar-refractivity contribution in [3.8, 4) is 5.75 Å². The third-order valence-corrected chi connectivity index (χ3v) is 7.11.